The number of pyridine rings is 1. The summed E-state index contributed by atoms with van der Waals surface area (Å²) in [4.78, 5) is 4.29. The van der Waals surface area contributed by atoms with Crippen molar-refractivity contribution in [1.29, 1.82) is 0 Å². The Balaban J connectivity index is 2.15. The zero-order valence-corrected chi connectivity index (χ0v) is 9.96. The van der Waals surface area contributed by atoms with Crippen LogP contribution in [0.3, 0.4) is 0 Å². The predicted molar refractivity (Wildman–Crippen MR) is 72.3 cm³/mol. The summed E-state index contributed by atoms with van der Waals surface area (Å²) in [5.74, 6) is 0.860. The van der Waals surface area contributed by atoms with Gasteiger partial charge in [-0.2, -0.15) is 10.2 Å². The van der Waals surface area contributed by atoms with Crippen molar-refractivity contribution in [2.24, 2.45) is 0 Å². The van der Waals surface area contributed by atoms with Crippen LogP contribution >= 0.6 is 0 Å². The Labute approximate surface area is 105 Å². The second-order valence-electron chi connectivity index (χ2n) is 3.99. The molecule has 0 aliphatic carbocycles. The average Bonchev–Trinajstić information content (AvgIpc) is 2.47. The van der Waals surface area contributed by atoms with E-state index in [9.17, 15) is 0 Å². The van der Waals surface area contributed by atoms with Crippen LogP contribution in [0.25, 0.3) is 22.0 Å². The summed E-state index contributed by atoms with van der Waals surface area (Å²) in [7, 11) is 1.86. The van der Waals surface area contributed by atoms with Crippen LogP contribution in [0.2, 0.25) is 0 Å². The van der Waals surface area contributed by atoms with Crippen LogP contribution < -0.4 is 5.32 Å². The Morgan fingerprint density at radius 2 is 2.00 bits per heavy atom. The van der Waals surface area contributed by atoms with Crippen molar-refractivity contribution in [2.75, 3.05) is 12.4 Å². The van der Waals surface area contributed by atoms with Crippen molar-refractivity contribution >= 4 is 16.6 Å². The van der Waals surface area contributed by atoms with E-state index in [-0.39, 0.29) is 0 Å². The Morgan fingerprint density at radius 1 is 1.06 bits per heavy atom. The largest absolute Gasteiger partial charge is 0.373 e. The first-order chi connectivity index (χ1) is 8.86. The van der Waals surface area contributed by atoms with Gasteiger partial charge in [0.15, 0.2) is 0 Å². The van der Waals surface area contributed by atoms with E-state index in [2.05, 4.69) is 26.6 Å². The highest BCUT2D eigenvalue weighted by Gasteiger charge is 2.02. The molecule has 18 heavy (non-hydrogen) atoms. The van der Waals surface area contributed by atoms with E-state index in [1.807, 2.05) is 43.6 Å². The maximum atomic E-state index is 4.29. The maximum Gasteiger partial charge on any atom is 0.126 e. The zero-order chi connectivity index (χ0) is 12.4. The standard InChI is InChI=1S/C14H12N4/c1-15-14-8-12-7-10(4-5-11(12)9-16-14)13-3-2-6-17-18-13/h2-9H,1H3,(H,15,16). The molecule has 0 aliphatic heterocycles. The molecule has 0 bridgehead atoms. The normalized spacial score (nSPS) is 10.5. The van der Waals surface area contributed by atoms with Crippen molar-refractivity contribution in [1.82, 2.24) is 15.2 Å². The number of anilines is 1. The van der Waals surface area contributed by atoms with Crippen LogP contribution in [-0.4, -0.2) is 22.2 Å². The van der Waals surface area contributed by atoms with Crippen molar-refractivity contribution in [3.05, 3.63) is 48.8 Å². The molecule has 0 unspecified atom stereocenters. The molecular weight excluding hydrogens is 224 g/mol. The summed E-state index contributed by atoms with van der Waals surface area (Å²) in [6, 6.07) is 12.0. The van der Waals surface area contributed by atoms with Gasteiger partial charge in [0, 0.05) is 30.4 Å². The minimum Gasteiger partial charge on any atom is -0.373 e. The first kappa shape index (κ1) is 10.7. The zero-order valence-electron chi connectivity index (χ0n) is 9.96. The van der Waals surface area contributed by atoms with E-state index in [0.717, 1.165) is 27.8 Å². The highest BCUT2D eigenvalue weighted by Crippen LogP contribution is 2.23. The lowest BCUT2D eigenvalue weighted by Gasteiger charge is -2.04. The molecule has 1 aromatic carbocycles. The van der Waals surface area contributed by atoms with Crippen LogP contribution in [0, 0.1) is 0 Å². The highest BCUT2D eigenvalue weighted by molar-refractivity contribution is 5.87. The first-order valence-electron chi connectivity index (χ1n) is 5.72. The molecule has 88 valence electrons. The third kappa shape index (κ3) is 1.88. The SMILES string of the molecule is CNc1cc2cc(-c3cccnn3)ccc2cn1. The fourth-order valence-corrected chi connectivity index (χ4v) is 1.89. The fourth-order valence-electron chi connectivity index (χ4n) is 1.89. The van der Waals surface area contributed by atoms with Crippen LogP contribution in [0.5, 0.6) is 0 Å². The van der Waals surface area contributed by atoms with Crippen molar-refractivity contribution in [3.63, 3.8) is 0 Å². The molecule has 1 N–H and O–H groups in total. The van der Waals surface area contributed by atoms with Gasteiger partial charge in [-0.3, -0.25) is 0 Å². The molecule has 3 aromatic rings. The van der Waals surface area contributed by atoms with E-state index in [4.69, 9.17) is 0 Å². The molecule has 0 fully saturated rings. The van der Waals surface area contributed by atoms with Crippen molar-refractivity contribution in [2.45, 2.75) is 0 Å². The minimum atomic E-state index is 0.860. The van der Waals surface area contributed by atoms with Gasteiger partial charge in [-0.05, 0) is 29.7 Å². The van der Waals surface area contributed by atoms with E-state index < -0.39 is 0 Å². The van der Waals surface area contributed by atoms with Gasteiger partial charge in [0.25, 0.3) is 0 Å². The minimum absolute atomic E-state index is 0.860. The van der Waals surface area contributed by atoms with E-state index in [0.29, 0.717) is 0 Å². The number of benzene rings is 1. The number of fused-ring (bicyclic) bond motifs is 1. The quantitative estimate of drug-likeness (QED) is 0.743. The topological polar surface area (TPSA) is 50.7 Å². The summed E-state index contributed by atoms with van der Waals surface area (Å²) < 4.78 is 0. The van der Waals surface area contributed by atoms with Gasteiger partial charge in [-0.1, -0.05) is 12.1 Å². The van der Waals surface area contributed by atoms with E-state index in [1.54, 1.807) is 6.20 Å². The monoisotopic (exact) mass is 236 g/mol. The van der Waals surface area contributed by atoms with Gasteiger partial charge in [-0.25, -0.2) is 4.98 Å². The van der Waals surface area contributed by atoms with E-state index >= 15 is 0 Å². The average molecular weight is 236 g/mol. The Kier molecular flexibility index (Phi) is 2.61. The lowest BCUT2D eigenvalue weighted by atomic mass is 10.1. The number of nitrogens with zero attached hydrogens (tertiary/aromatic N) is 3. The van der Waals surface area contributed by atoms with Crippen LogP contribution in [0.15, 0.2) is 48.8 Å². The predicted octanol–water partition coefficient (Wildman–Crippen LogP) is 2.73. The molecule has 2 aromatic heterocycles. The molecule has 0 spiro atoms. The summed E-state index contributed by atoms with van der Waals surface area (Å²) >= 11 is 0. The van der Waals surface area contributed by atoms with Gasteiger partial charge in [0.05, 0.1) is 5.69 Å². The molecule has 3 rings (SSSR count). The Hall–Kier alpha value is -2.49. The van der Waals surface area contributed by atoms with Gasteiger partial charge in [0.2, 0.25) is 0 Å². The second kappa shape index (κ2) is 4.41. The smallest absolute Gasteiger partial charge is 0.126 e. The summed E-state index contributed by atoms with van der Waals surface area (Å²) in [5.41, 5.74) is 1.94. The van der Waals surface area contributed by atoms with Crippen molar-refractivity contribution < 1.29 is 0 Å². The summed E-state index contributed by atoms with van der Waals surface area (Å²) in [6.45, 7) is 0. The third-order valence-corrected chi connectivity index (χ3v) is 2.85. The van der Waals surface area contributed by atoms with Gasteiger partial charge in [-0.15, -0.1) is 0 Å². The molecule has 0 atom stereocenters. The molecule has 0 radical (unpaired) electrons. The molecule has 2 heterocycles. The lowest BCUT2D eigenvalue weighted by Crippen LogP contribution is -1.91. The van der Waals surface area contributed by atoms with Crippen LogP contribution in [-0.2, 0) is 0 Å². The fraction of sp³-hybridized carbons (Fsp3) is 0.0714. The molecule has 4 heteroatoms. The third-order valence-electron chi connectivity index (χ3n) is 2.85. The van der Waals surface area contributed by atoms with Gasteiger partial charge in [0.1, 0.15) is 5.82 Å². The number of hydrogen-bond donors (Lipinski definition) is 1. The van der Waals surface area contributed by atoms with Crippen LogP contribution in [0.4, 0.5) is 5.82 Å². The first-order valence-corrected chi connectivity index (χ1v) is 5.72. The maximum absolute atomic E-state index is 4.29. The number of aromatic nitrogens is 3. The summed E-state index contributed by atoms with van der Waals surface area (Å²) in [6.07, 6.45) is 3.54. The lowest BCUT2D eigenvalue weighted by molar-refractivity contribution is 1.04. The molecule has 0 aliphatic rings. The molecule has 0 saturated carbocycles. The van der Waals surface area contributed by atoms with Gasteiger partial charge < -0.3 is 5.32 Å². The van der Waals surface area contributed by atoms with Crippen molar-refractivity contribution in [3.8, 4) is 11.3 Å². The summed E-state index contributed by atoms with van der Waals surface area (Å²) in [5, 5.41) is 13.3. The Morgan fingerprint density at radius 3 is 2.78 bits per heavy atom. The van der Waals surface area contributed by atoms with Crippen LogP contribution in [0.1, 0.15) is 0 Å². The number of rotatable bonds is 2. The molecule has 0 saturated heterocycles. The highest BCUT2D eigenvalue weighted by atomic mass is 15.1. The number of hydrogen-bond acceptors (Lipinski definition) is 4. The molecule has 4 nitrogen and oxygen atoms in total. The molecular formula is C14H12N4. The molecule has 0 amide bonds. The van der Waals surface area contributed by atoms with E-state index in [1.165, 1.54) is 0 Å². The van der Waals surface area contributed by atoms with Gasteiger partial charge >= 0.3 is 0 Å². The Bertz CT molecular complexity index is 680. The second-order valence-corrected chi connectivity index (χ2v) is 3.99. The number of nitrogens with one attached hydrogen (secondary N) is 1.